The van der Waals surface area contributed by atoms with Crippen LogP contribution in [0.25, 0.3) is 0 Å². The molecular formula is C16H20ClNO3S. The molecule has 3 unspecified atom stereocenters. The van der Waals surface area contributed by atoms with E-state index in [4.69, 9.17) is 11.6 Å². The highest BCUT2D eigenvalue weighted by Crippen LogP contribution is 2.50. The van der Waals surface area contributed by atoms with Crippen LogP contribution in [0.4, 0.5) is 0 Å². The van der Waals surface area contributed by atoms with Crippen LogP contribution in [0.15, 0.2) is 24.3 Å². The molecule has 1 aromatic rings. The summed E-state index contributed by atoms with van der Waals surface area (Å²) >= 11 is 6.20. The molecule has 0 bridgehead atoms. The minimum Gasteiger partial charge on any atom is -0.339 e. The number of hydrogen-bond acceptors (Lipinski definition) is 3. The number of rotatable bonds is 4. The lowest BCUT2D eigenvalue weighted by atomic mass is 10.1. The molecule has 2 fully saturated rings. The van der Waals surface area contributed by atoms with Gasteiger partial charge < -0.3 is 4.90 Å². The zero-order valence-electron chi connectivity index (χ0n) is 12.5. The van der Waals surface area contributed by atoms with E-state index in [0.29, 0.717) is 18.0 Å². The zero-order valence-corrected chi connectivity index (χ0v) is 14.1. The molecule has 120 valence electrons. The normalized spacial score (nSPS) is 29.3. The SMILES string of the molecule is CCN(C(=O)C1CC1c1ccccc1Cl)C1CCS(=O)(=O)C1. The van der Waals surface area contributed by atoms with Crippen molar-refractivity contribution in [2.24, 2.45) is 5.92 Å². The van der Waals surface area contributed by atoms with Gasteiger partial charge in [0.15, 0.2) is 9.84 Å². The van der Waals surface area contributed by atoms with Gasteiger partial charge in [0.2, 0.25) is 5.91 Å². The van der Waals surface area contributed by atoms with Crippen LogP contribution in [-0.2, 0) is 14.6 Å². The first-order valence-corrected chi connectivity index (χ1v) is 9.88. The summed E-state index contributed by atoms with van der Waals surface area (Å²) in [6.45, 7) is 2.47. The molecule has 1 heterocycles. The van der Waals surface area contributed by atoms with Gasteiger partial charge in [-0.25, -0.2) is 8.42 Å². The van der Waals surface area contributed by atoms with Gasteiger partial charge >= 0.3 is 0 Å². The van der Waals surface area contributed by atoms with Crippen molar-refractivity contribution in [3.63, 3.8) is 0 Å². The van der Waals surface area contributed by atoms with Gasteiger partial charge in [-0.3, -0.25) is 4.79 Å². The standard InChI is InChI=1S/C16H20ClNO3S/c1-2-18(11-7-8-22(20,21)10-11)16(19)14-9-13(14)12-5-3-4-6-15(12)17/h3-6,11,13-14H,2,7-10H2,1H3. The van der Waals surface area contributed by atoms with Crippen LogP contribution in [-0.4, -0.2) is 43.3 Å². The van der Waals surface area contributed by atoms with E-state index in [1.54, 1.807) is 4.90 Å². The Labute approximate surface area is 136 Å². The first-order chi connectivity index (χ1) is 10.4. The van der Waals surface area contributed by atoms with E-state index in [1.807, 2.05) is 31.2 Å². The molecule has 0 radical (unpaired) electrons. The van der Waals surface area contributed by atoms with Crippen LogP contribution in [0.2, 0.25) is 5.02 Å². The number of halogens is 1. The minimum atomic E-state index is -2.98. The highest BCUT2D eigenvalue weighted by atomic mass is 35.5. The third kappa shape index (κ3) is 3.01. The molecule has 1 amide bonds. The van der Waals surface area contributed by atoms with E-state index in [9.17, 15) is 13.2 Å². The Balaban J connectivity index is 1.71. The van der Waals surface area contributed by atoms with Crippen LogP contribution < -0.4 is 0 Å². The number of hydrogen-bond donors (Lipinski definition) is 0. The number of carbonyl (C=O) groups excluding carboxylic acids is 1. The Morgan fingerprint density at radius 3 is 2.68 bits per heavy atom. The quantitative estimate of drug-likeness (QED) is 0.845. The first kappa shape index (κ1) is 15.8. The topological polar surface area (TPSA) is 54.5 Å². The van der Waals surface area contributed by atoms with E-state index in [0.717, 1.165) is 12.0 Å². The lowest BCUT2D eigenvalue weighted by Gasteiger charge is -2.27. The molecular weight excluding hydrogens is 322 g/mol. The number of benzene rings is 1. The summed E-state index contributed by atoms with van der Waals surface area (Å²) in [7, 11) is -2.98. The van der Waals surface area contributed by atoms with Crippen molar-refractivity contribution in [1.29, 1.82) is 0 Å². The summed E-state index contributed by atoms with van der Waals surface area (Å²) in [6, 6.07) is 7.47. The lowest BCUT2D eigenvalue weighted by molar-refractivity contribution is -0.134. The smallest absolute Gasteiger partial charge is 0.226 e. The molecule has 1 aliphatic carbocycles. The molecule has 0 spiro atoms. The summed E-state index contributed by atoms with van der Waals surface area (Å²) in [5.41, 5.74) is 1.03. The predicted octanol–water partition coefficient (Wildman–Crippen LogP) is 2.48. The van der Waals surface area contributed by atoms with Crippen molar-refractivity contribution >= 4 is 27.3 Å². The van der Waals surface area contributed by atoms with Crippen molar-refractivity contribution in [3.8, 4) is 0 Å². The summed E-state index contributed by atoms with van der Waals surface area (Å²) in [6.07, 6.45) is 1.37. The highest BCUT2D eigenvalue weighted by Gasteiger charge is 2.48. The molecule has 1 saturated heterocycles. The summed E-state index contributed by atoms with van der Waals surface area (Å²) in [5, 5.41) is 0.703. The van der Waals surface area contributed by atoms with Crippen molar-refractivity contribution in [2.75, 3.05) is 18.1 Å². The largest absolute Gasteiger partial charge is 0.339 e. The summed E-state index contributed by atoms with van der Waals surface area (Å²) in [5.74, 6) is 0.502. The molecule has 1 saturated carbocycles. The molecule has 3 rings (SSSR count). The third-order valence-corrected chi connectivity index (χ3v) is 6.78. The fourth-order valence-corrected chi connectivity index (χ4v) is 5.42. The second kappa shape index (κ2) is 5.85. The number of amides is 1. The van der Waals surface area contributed by atoms with Gasteiger partial charge in [0.1, 0.15) is 0 Å². The fourth-order valence-electron chi connectivity index (χ4n) is 3.42. The monoisotopic (exact) mass is 341 g/mol. The molecule has 22 heavy (non-hydrogen) atoms. The zero-order chi connectivity index (χ0) is 15.9. The Kier molecular flexibility index (Phi) is 4.21. The van der Waals surface area contributed by atoms with E-state index < -0.39 is 9.84 Å². The van der Waals surface area contributed by atoms with E-state index in [2.05, 4.69) is 0 Å². The number of nitrogens with zero attached hydrogens (tertiary/aromatic N) is 1. The Morgan fingerprint density at radius 2 is 2.09 bits per heavy atom. The molecule has 2 aliphatic rings. The predicted molar refractivity (Wildman–Crippen MR) is 86.7 cm³/mol. The van der Waals surface area contributed by atoms with E-state index in [1.165, 1.54) is 0 Å². The highest BCUT2D eigenvalue weighted by molar-refractivity contribution is 7.91. The van der Waals surface area contributed by atoms with Gasteiger partial charge in [-0.15, -0.1) is 0 Å². The lowest BCUT2D eigenvalue weighted by Crippen LogP contribution is -2.42. The third-order valence-electron chi connectivity index (χ3n) is 4.69. The second-order valence-corrected chi connectivity index (χ2v) is 8.79. The van der Waals surface area contributed by atoms with Crippen molar-refractivity contribution in [1.82, 2.24) is 4.90 Å². The number of carbonyl (C=O) groups is 1. The maximum atomic E-state index is 12.7. The molecule has 0 aromatic heterocycles. The van der Waals surface area contributed by atoms with Crippen LogP contribution in [0.3, 0.4) is 0 Å². The van der Waals surface area contributed by atoms with Gasteiger partial charge in [-0.05, 0) is 37.3 Å². The summed E-state index contributed by atoms with van der Waals surface area (Å²) in [4.78, 5) is 14.5. The molecule has 6 heteroatoms. The van der Waals surface area contributed by atoms with Crippen molar-refractivity contribution in [3.05, 3.63) is 34.9 Å². The fraction of sp³-hybridized carbons (Fsp3) is 0.562. The van der Waals surface area contributed by atoms with Crippen molar-refractivity contribution in [2.45, 2.75) is 31.7 Å². The molecule has 3 atom stereocenters. The van der Waals surface area contributed by atoms with Crippen LogP contribution in [0.1, 0.15) is 31.2 Å². The maximum absolute atomic E-state index is 12.7. The van der Waals surface area contributed by atoms with Gasteiger partial charge in [-0.1, -0.05) is 29.8 Å². The molecule has 1 aliphatic heterocycles. The molecule has 0 N–H and O–H groups in total. The second-order valence-electron chi connectivity index (χ2n) is 6.15. The first-order valence-electron chi connectivity index (χ1n) is 7.68. The average molecular weight is 342 g/mol. The minimum absolute atomic E-state index is 0.0526. The van der Waals surface area contributed by atoms with Gasteiger partial charge in [-0.2, -0.15) is 0 Å². The average Bonchev–Trinajstić information content (AvgIpc) is 3.18. The summed E-state index contributed by atoms with van der Waals surface area (Å²) < 4.78 is 23.3. The van der Waals surface area contributed by atoms with E-state index >= 15 is 0 Å². The maximum Gasteiger partial charge on any atom is 0.226 e. The van der Waals surface area contributed by atoms with Gasteiger partial charge in [0.05, 0.1) is 11.5 Å². The van der Waals surface area contributed by atoms with Gasteiger partial charge in [0.25, 0.3) is 0 Å². The Morgan fingerprint density at radius 1 is 1.36 bits per heavy atom. The van der Waals surface area contributed by atoms with Crippen molar-refractivity contribution < 1.29 is 13.2 Å². The van der Waals surface area contributed by atoms with Crippen LogP contribution in [0.5, 0.6) is 0 Å². The molecule has 1 aromatic carbocycles. The molecule has 4 nitrogen and oxygen atoms in total. The Bertz CT molecular complexity index is 688. The number of sulfone groups is 1. The Hall–Kier alpha value is -1.07. The van der Waals surface area contributed by atoms with Crippen LogP contribution >= 0.6 is 11.6 Å². The van der Waals surface area contributed by atoms with Crippen LogP contribution in [0, 0.1) is 5.92 Å². The van der Waals surface area contributed by atoms with E-state index in [-0.39, 0.29) is 35.3 Å². The van der Waals surface area contributed by atoms with Gasteiger partial charge in [0, 0.05) is 23.5 Å².